The lowest BCUT2D eigenvalue weighted by Crippen LogP contribution is -2.48. The summed E-state index contributed by atoms with van der Waals surface area (Å²) in [6.07, 6.45) is 10.4. The number of hydrogen-bond acceptors (Lipinski definition) is 4. The molecule has 0 aromatic carbocycles. The van der Waals surface area contributed by atoms with E-state index < -0.39 is 17.4 Å². The van der Waals surface area contributed by atoms with E-state index in [1.807, 2.05) is 54.4 Å². The van der Waals surface area contributed by atoms with Gasteiger partial charge in [0.15, 0.2) is 6.61 Å². The number of terminal acetylenes is 1. The third kappa shape index (κ3) is 3.87. The van der Waals surface area contributed by atoms with E-state index in [0.717, 1.165) is 5.69 Å². The quantitative estimate of drug-likeness (QED) is 0.620. The van der Waals surface area contributed by atoms with Gasteiger partial charge < -0.3 is 14.6 Å². The highest BCUT2D eigenvalue weighted by Gasteiger charge is 2.26. The van der Waals surface area contributed by atoms with E-state index in [2.05, 4.69) is 11.2 Å². The van der Waals surface area contributed by atoms with E-state index in [1.54, 1.807) is 0 Å². The summed E-state index contributed by atoms with van der Waals surface area (Å²) in [5.41, 5.74) is 0.0402. The summed E-state index contributed by atoms with van der Waals surface area (Å²) in [6, 6.07) is 5.57. The SMILES string of the molecule is C#CC(CC)(CC)NC(=O)COC(=O)c1sccc1-n1cccc1. The van der Waals surface area contributed by atoms with Crippen molar-refractivity contribution in [3.63, 3.8) is 0 Å². The number of rotatable bonds is 7. The highest BCUT2D eigenvalue weighted by Crippen LogP contribution is 2.22. The zero-order chi connectivity index (χ0) is 17.6. The standard InChI is InChI=1S/C18H20N2O3S/c1-4-18(5-2,6-3)19-15(21)13-23-17(22)16-14(9-12-24-16)20-10-7-8-11-20/h1,7-12H,5-6,13H2,2-3H3,(H,19,21). The first-order valence-corrected chi connectivity index (χ1v) is 8.60. The third-order valence-corrected chi connectivity index (χ3v) is 4.79. The Morgan fingerprint density at radius 3 is 2.58 bits per heavy atom. The summed E-state index contributed by atoms with van der Waals surface area (Å²) in [5.74, 6) is 1.69. The van der Waals surface area contributed by atoms with Crippen LogP contribution in [0.15, 0.2) is 36.0 Å². The normalized spacial score (nSPS) is 10.9. The second-order valence-electron chi connectivity index (χ2n) is 5.28. The van der Waals surface area contributed by atoms with Gasteiger partial charge in [-0.05, 0) is 36.4 Å². The molecule has 2 aromatic rings. The molecule has 126 valence electrons. The summed E-state index contributed by atoms with van der Waals surface area (Å²) in [5, 5.41) is 4.58. The Kier molecular flexibility index (Phi) is 5.83. The molecule has 0 aliphatic carbocycles. The molecule has 0 unspecified atom stereocenters. The largest absolute Gasteiger partial charge is 0.451 e. The van der Waals surface area contributed by atoms with Crippen molar-refractivity contribution in [1.82, 2.24) is 9.88 Å². The van der Waals surface area contributed by atoms with Crippen LogP contribution in [0.3, 0.4) is 0 Å². The number of nitrogens with zero attached hydrogens (tertiary/aromatic N) is 1. The minimum atomic E-state index is -0.692. The molecule has 2 rings (SSSR count). The van der Waals surface area contributed by atoms with Crippen molar-refractivity contribution in [1.29, 1.82) is 0 Å². The van der Waals surface area contributed by atoms with Gasteiger partial charge >= 0.3 is 5.97 Å². The molecule has 0 bridgehead atoms. The van der Waals surface area contributed by atoms with Crippen LogP contribution in [0.1, 0.15) is 36.4 Å². The summed E-state index contributed by atoms with van der Waals surface area (Å²) in [6.45, 7) is 3.46. The highest BCUT2D eigenvalue weighted by molar-refractivity contribution is 7.12. The van der Waals surface area contributed by atoms with Gasteiger partial charge in [0.25, 0.3) is 5.91 Å². The molecular formula is C18H20N2O3S. The van der Waals surface area contributed by atoms with Gasteiger partial charge in [-0.3, -0.25) is 4.79 Å². The first kappa shape index (κ1) is 17.8. The molecule has 0 aliphatic heterocycles. The fourth-order valence-electron chi connectivity index (χ4n) is 2.32. The number of carbonyl (C=O) groups excluding carboxylic acids is 2. The minimum Gasteiger partial charge on any atom is -0.451 e. The number of carbonyl (C=O) groups is 2. The molecule has 2 heterocycles. The maximum atomic E-state index is 12.3. The van der Waals surface area contributed by atoms with E-state index in [0.29, 0.717) is 17.7 Å². The van der Waals surface area contributed by atoms with Crippen molar-refractivity contribution < 1.29 is 14.3 Å². The van der Waals surface area contributed by atoms with E-state index >= 15 is 0 Å². The van der Waals surface area contributed by atoms with Crippen molar-refractivity contribution in [2.75, 3.05) is 6.61 Å². The Balaban J connectivity index is 1.98. The summed E-state index contributed by atoms with van der Waals surface area (Å²) >= 11 is 1.27. The first-order valence-electron chi connectivity index (χ1n) is 7.72. The lowest BCUT2D eigenvalue weighted by Gasteiger charge is -2.26. The zero-order valence-electron chi connectivity index (χ0n) is 13.7. The van der Waals surface area contributed by atoms with Crippen LogP contribution in [-0.2, 0) is 9.53 Å². The number of aromatic nitrogens is 1. The van der Waals surface area contributed by atoms with Gasteiger partial charge in [-0.25, -0.2) is 4.79 Å². The Morgan fingerprint density at radius 1 is 1.33 bits per heavy atom. The zero-order valence-corrected chi connectivity index (χ0v) is 14.6. The topological polar surface area (TPSA) is 60.3 Å². The molecule has 0 spiro atoms. The second-order valence-corrected chi connectivity index (χ2v) is 6.20. The average molecular weight is 344 g/mol. The van der Waals surface area contributed by atoms with Gasteiger partial charge in [-0.2, -0.15) is 0 Å². The Morgan fingerprint density at radius 2 is 2.00 bits per heavy atom. The summed E-state index contributed by atoms with van der Waals surface area (Å²) in [4.78, 5) is 24.7. The molecule has 0 radical (unpaired) electrons. The molecule has 0 saturated heterocycles. The van der Waals surface area contributed by atoms with Crippen LogP contribution in [0, 0.1) is 12.3 Å². The number of esters is 1. The van der Waals surface area contributed by atoms with Crippen LogP contribution >= 0.6 is 11.3 Å². The maximum Gasteiger partial charge on any atom is 0.350 e. The van der Waals surface area contributed by atoms with Gasteiger partial charge in [0.2, 0.25) is 0 Å². The minimum absolute atomic E-state index is 0.356. The average Bonchev–Trinajstić information content (AvgIpc) is 3.28. The number of hydrogen-bond donors (Lipinski definition) is 1. The molecule has 5 nitrogen and oxygen atoms in total. The molecule has 0 aliphatic rings. The monoisotopic (exact) mass is 344 g/mol. The van der Waals surface area contributed by atoms with Crippen molar-refractivity contribution >= 4 is 23.2 Å². The Labute approximate surface area is 145 Å². The van der Waals surface area contributed by atoms with Crippen LogP contribution in [-0.4, -0.2) is 28.6 Å². The van der Waals surface area contributed by atoms with E-state index in [9.17, 15) is 9.59 Å². The number of amides is 1. The van der Waals surface area contributed by atoms with E-state index in [4.69, 9.17) is 11.2 Å². The van der Waals surface area contributed by atoms with Crippen LogP contribution in [0.25, 0.3) is 5.69 Å². The first-order chi connectivity index (χ1) is 11.5. The molecule has 0 atom stereocenters. The molecule has 1 amide bonds. The predicted molar refractivity (Wildman–Crippen MR) is 94.2 cm³/mol. The van der Waals surface area contributed by atoms with Crippen LogP contribution in [0.5, 0.6) is 0 Å². The van der Waals surface area contributed by atoms with Crippen LogP contribution in [0.4, 0.5) is 0 Å². The van der Waals surface area contributed by atoms with Gasteiger partial charge in [0, 0.05) is 12.4 Å². The smallest absolute Gasteiger partial charge is 0.350 e. The lowest BCUT2D eigenvalue weighted by molar-refractivity contribution is -0.125. The van der Waals surface area contributed by atoms with Crippen LogP contribution in [0.2, 0.25) is 0 Å². The number of ether oxygens (including phenoxy) is 1. The van der Waals surface area contributed by atoms with Gasteiger partial charge in [-0.1, -0.05) is 19.8 Å². The maximum absolute atomic E-state index is 12.3. The van der Waals surface area contributed by atoms with Crippen LogP contribution < -0.4 is 5.32 Å². The van der Waals surface area contributed by atoms with Gasteiger partial charge in [-0.15, -0.1) is 17.8 Å². The second kappa shape index (κ2) is 7.84. The van der Waals surface area contributed by atoms with Gasteiger partial charge in [0.1, 0.15) is 10.4 Å². The molecule has 0 fully saturated rings. The van der Waals surface area contributed by atoms with Gasteiger partial charge in [0.05, 0.1) is 5.69 Å². The molecule has 24 heavy (non-hydrogen) atoms. The number of thiophene rings is 1. The van der Waals surface area contributed by atoms with Crippen molar-refractivity contribution in [3.8, 4) is 18.0 Å². The van der Waals surface area contributed by atoms with E-state index in [-0.39, 0.29) is 6.61 Å². The fourth-order valence-corrected chi connectivity index (χ4v) is 3.10. The third-order valence-electron chi connectivity index (χ3n) is 3.91. The lowest BCUT2D eigenvalue weighted by atomic mass is 9.94. The molecule has 0 saturated carbocycles. The fraction of sp³-hybridized carbons (Fsp3) is 0.333. The summed E-state index contributed by atoms with van der Waals surface area (Å²) < 4.78 is 6.97. The highest BCUT2D eigenvalue weighted by atomic mass is 32.1. The van der Waals surface area contributed by atoms with Crippen molar-refractivity contribution in [2.24, 2.45) is 0 Å². The van der Waals surface area contributed by atoms with Crippen molar-refractivity contribution in [2.45, 2.75) is 32.2 Å². The Bertz CT molecular complexity index is 737. The molecule has 2 aromatic heterocycles. The summed E-state index contributed by atoms with van der Waals surface area (Å²) in [7, 11) is 0. The molecule has 6 heteroatoms. The predicted octanol–water partition coefficient (Wildman–Crippen LogP) is 3.00. The number of nitrogens with one attached hydrogen (secondary N) is 1. The molecular weight excluding hydrogens is 324 g/mol. The molecule has 1 N–H and O–H groups in total. The Hall–Kier alpha value is -2.52. The van der Waals surface area contributed by atoms with E-state index in [1.165, 1.54) is 11.3 Å². The van der Waals surface area contributed by atoms with Crippen molar-refractivity contribution in [3.05, 3.63) is 40.8 Å².